The highest BCUT2D eigenvalue weighted by atomic mass is 79.9. The largest absolute Gasteiger partial charge is 0.493 e. The van der Waals surface area contributed by atoms with Gasteiger partial charge in [0.25, 0.3) is 0 Å². The Kier molecular flexibility index (Phi) is 6.27. The van der Waals surface area contributed by atoms with Gasteiger partial charge >= 0.3 is 0 Å². The Bertz CT molecular complexity index is 742. The predicted octanol–water partition coefficient (Wildman–Crippen LogP) is 4.46. The van der Waals surface area contributed by atoms with Gasteiger partial charge in [-0.05, 0) is 57.9 Å². The van der Waals surface area contributed by atoms with Crippen LogP contribution in [0.25, 0.3) is 0 Å². The second-order valence-electron chi connectivity index (χ2n) is 4.36. The molecule has 0 fully saturated rings. The number of hydrazone groups is 1. The molecule has 0 saturated heterocycles. The Labute approximate surface area is 147 Å². The lowest BCUT2D eigenvalue weighted by molar-refractivity contribution is 0.327. The Morgan fingerprint density at radius 2 is 2.09 bits per heavy atom. The van der Waals surface area contributed by atoms with Crippen molar-refractivity contribution < 1.29 is 9.47 Å². The minimum Gasteiger partial charge on any atom is -0.493 e. The molecule has 0 amide bonds. The van der Waals surface area contributed by atoms with Crippen molar-refractivity contribution in [2.75, 3.05) is 19.1 Å². The van der Waals surface area contributed by atoms with Gasteiger partial charge in [0.1, 0.15) is 6.07 Å². The number of benzene rings is 2. The van der Waals surface area contributed by atoms with E-state index in [0.29, 0.717) is 21.0 Å². The van der Waals surface area contributed by atoms with Crippen molar-refractivity contribution in [3.05, 3.63) is 51.5 Å². The fourth-order valence-corrected chi connectivity index (χ4v) is 2.46. The van der Waals surface area contributed by atoms with Gasteiger partial charge in [-0.25, -0.2) is 0 Å². The smallest absolute Gasteiger partial charge is 0.176 e. The van der Waals surface area contributed by atoms with E-state index in [1.807, 2.05) is 24.3 Å². The topological polar surface area (TPSA) is 66.6 Å². The van der Waals surface area contributed by atoms with Gasteiger partial charge in [-0.15, -0.1) is 0 Å². The molecule has 0 aromatic heterocycles. The highest BCUT2D eigenvalue weighted by molar-refractivity contribution is 9.10. The van der Waals surface area contributed by atoms with Crippen molar-refractivity contribution >= 4 is 39.4 Å². The molecule has 7 heteroatoms. The van der Waals surface area contributed by atoms with Crippen LogP contribution in [0.2, 0.25) is 5.02 Å². The fourth-order valence-electron chi connectivity index (χ4n) is 1.76. The first-order chi connectivity index (χ1) is 11.1. The molecule has 2 aromatic rings. The monoisotopic (exact) mass is 393 g/mol. The lowest BCUT2D eigenvalue weighted by atomic mass is 10.2. The van der Waals surface area contributed by atoms with Crippen LogP contribution in [0, 0.1) is 11.3 Å². The molecule has 1 N–H and O–H groups in total. The predicted molar refractivity (Wildman–Crippen MR) is 94.5 cm³/mol. The highest BCUT2D eigenvalue weighted by Crippen LogP contribution is 2.36. The summed E-state index contributed by atoms with van der Waals surface area (Å²) in [5, 5.41) is 13.4. The Morgan fingerprint density at radius 3 is 2.74 bits per heavy atom. The third-order valence-corrected chi connectivity index (χ3v) is 3.63. The molecule has 0 saturated carbocycles. The van der Waals surface area contributed by atoms with E-state index >= 15 is 0 Å². The molecular formula is C16H13BrClN3O2. The second kappa shape index (κ2) is 8.42. The lowest BCUT2D eigenvalue weighted by Gasteiger charge is -2.11. The zero-order valence-corrected chi connectivity index (χ0v) is 14.6. The molecule has 23 heavy (non-hydrogen) atoms. The number of hydrogen-bond donors (Lipinski definition) is 1. The van der Waals surface area contributed by atoms with E-state index < -0.39 is 0 Å². The van der Waals surface area contributed by atoms with Crippen molar-refractivity contribution in [3.63, 3.8) is 0 Å². The van der Waals surface area contributed by atoms with E-state index in [0.717, 1.165) is 11.3 Å². The van der Waals surface area contributed by atoms with Crippen molar-refractivity contribution in [3.8, 4) is 17.6 Å². The number of rotatable bonds is 6. The first kappa shape index (κ1) is 17.1. The SMILES string of the molecule is COc1cc(C=NNc2ccc(Cl)cc2)cc(Br)c1OCC#N. The first-order valence-electron chi connectivity index (χ1n) is 6.56. The minimum absolute atomic E-state index is 0.0550. The molecule has 2 aromatic carbocycles. The number of nitriles is 1. The Hall–Kier alpha value is -2.23. The van der Waals surface area contributed by atoms with Crippen molar-refractivity contribution in [1.29, 1.82) is 5.26 Å². The maximum absolute atomic E-state index is 8.61. The van der Waals surface area contributed by atoms with E-state index in [2.05, 4.69) is 26.5 Å². The number of methoxy groups -OCH3 is 1. The molecule has 0 aliphatic rings. The van der Waals surface area contributed by atoms with Gasteiger partial charge in [-0.2, -0.15) is 10.4 Å². The molecule has 5 nitrogen and oxygen atoms in total. The molecule has 0 bridgehead atoms. The summed E-state index contributed by atoms with van der Waals surface area (Å²) in [6.45, 7) is -0.0550. The molecule has 0 radical (unpaired) electrons. The number of hydrogen-bond acceptors (Lipinski definition) is 5. The zero-order valence-electron chi connectivity index (χ0n) is 12.2. The Morgan fingerprint density at radius 1 is 1.35 bits per heavy atom. The Balaban J connectivity index is 2.13. The molecule has 0 aliphatic carbocycles. The maximum atomic E-state index is 8.61. The van der Waals surface area contributed by atoms with Crippen LogP contribution in [-0.2, 0) is 0 Å². The van der Waals surface area contributed by atoms with Gasteiger partial charge in [-0.3, -0.25) is 5.43 Å². The molecule has 0 atom stereocenters. The van der Waals surface area contributed by atoms with E-state index in [-0.39, 0.29) is 6.61 Å². The summed E-state index contributed by atoms with van der Waals surface area (Å²) in [5.74, 6) is 0.999. The van der Waals surface area contributed by atoms with Crippen molar-refractivity contribution in [2.24, 2.45) is 5.10 Å². The maximum Gasteiger partial charge on any atom is 0.176 e. The van der Waals surface area contributed by atoms with Crippen molar-refractivity contribution in [2.45, 2.75) is 0 Å². The first-order valence-corrected chi connectivity index (χ1v) is 7.73. The summed E-state index contributed by atoms with van der Waals surface area (Å²) in [7, 11) is 1.54. The summed E-state index contributed by atoms with van der Waals surface area (Å²) >= 11 is 9.23. The molecule has 0 heterocycles. The molecule has 0 unspecified atom stereocenters. The van der Waals surface area contributed by atoms with Crippen LogP contribution in [0.4, 0.5) is 5.69 Å². The number of halogens is 2. The molecule has 0 spiro atoms. The molecule has 2 rings (SSSR count). The average molecular weight is 395 g/mol. The van der Waals surface area contributed by atoms with Gasteiger partial charge in [-0.1, -0.05) is 11.6 Å². The van der Waals surface area contributed by atoms with Crippen LogP contribution in [0.5, 0.6) is 11.5 Å². The summed E-state index contributed by atoms with van der Waals surface area (Å²) in [6, 6.07) is 12.7. The molecule has 0 aliphatic heterocycles. The summed E-state index contributed by atoms with van der Waals surface area (Å²) < 4.78 is 11.3. The normalized spacial score (nSPS) is 10.3. The summed E-state index contributed by atoms with van der Waals surface area (Å²) in [5.41, 5.74) is 4.54. The van der Waals surface area contributed by atoms with Crippen LogP contribution < -0.4 is 14.9 Å². The molecule has 118 valence electrons. The van der Waals surface area contributed by atoms with Gasteiger partial charge in [0, 0.05) is 5.02 Å². The van der Waals surface area contributed by atoms with Crippen LogP contribution in [-0.4, -0.2) is 19.9 Å². The summed E-state index contributed by atoms with van der Waals surface area (Å²) in [4.78, 5) is 0. The molecular weight excluding hydrogens is 382 g/mol. The van der Waals surface area contributed by atoms with Gasteiger partial charge in [0.05, 0.1) is 23.5 Å². The third kappa shape index (κ3) is 4.88. The van der Waals surface area contributed by atoms with Gasteiger partial charge in [0.2, 0.25) is 0 Å². The average Bonchev–Trinajstić information content (AvgIpc) is 2.55. The van der Waals surface area contributed by atoms with Crippen LogP contribution in [0.1, 0.15) is 5.56 Å². The van der Waals surface area contributed by atoms with E-state index in [1.165, 1.54) is 7.11 Å². The number of ether oxygens (including phenoxy) is 2. The minimum atomic E-state index is -0.0550. The van der Waals surface area contributed by atoms with Crippen LogP contribution in [0.15, 0.2) is 46.0 Å². The third-order valence-electron chi connectivity index (χ3n) is 2.78. The number of anilines is 1. The summed E-state index contributed by atoms with van der Waals surface area (Å²) in [6.07, 6.45) is 1.65. The number of nitrogens with zero attached hydrogens (tertiary/aromatic N) is 2. The van der Waals surface area contributed by atoms with E-state index in [4.69, 9.17) is 26.3 Å². The quantitative estimate of drug-likeness (QED) is 0.580. The van der Waals surface area contributed by atoms with Crippen molar-refractivity contribution in [1.82, 2.24) is 0 Å². The number of nitrogens with one attached hydrogen (secondary N) is 1. The van der Waals surface area contributed by atoms with E-state index in [1.54, 1.807) is 24.4 Å². The van der Waals surface area contributed by atoms with Crippen LogP contribution >= 0.6 is 27.5 Å². The van der Waals surface area contributed by atoms with Crippen LogP contribution in [0.3, 0.4) is 0 Å². The highest BCUT2D eigenvalue weighted by Gasteiger charge is 2.10. The van der Waals surface area contributed by atoms with Gasteiger partial charge in [0.15, 0.2) is 18.1 Å². The fraction of sp³-hybridized carbons (Fsp3) is 0.125. The lowest BCUT2D eigenvalue weighted by Crippen LogP contribution is -1.99. The second-order valence-corrected chi connectivity index (χ2v) is 5.65. The van der Waals surface area contributed by atoms with Gasteiger partial charge < -0.3 is 9.47 Å². The van der Waals surface area contributed by atoms with E-state index in [9.17, 15) is 0 Å². The zero-order chi connectivity index (χ0) is 16.7. The standard InChI is InChI=1S/C16H13BrClN3O2/c1-22-15-9-11(8-14(17)16(15)23-7-6-19)10-20-21-13-4-2-12(18)3-5-13/h2-5,8-10,21H,7H2,1H3.